The first-order valence-electron chi connectivity index (χ1n) is 29.5. The van der Waals surface area contributed by atoms with Crippen molar-refractivity contribution in [2.75, 3.05) is 66.8 Å². The van der Waals surface area contributed by atoms with Gasteiger partial charge in [-0.25, -0.2) is 26.4 Å². The molecule has 0 bridgehead atoms. The lowest BCUT2D eigenvalue weighted by Gasteiger charge is -2.35. The molecule has 478 valence electrons. The van der Waals surface area contributed by atoms with Gasteiger partial charge in [-0.15, -0.1) is 0 Å². The summed E-state index contributed by atoms with van der Waals surface area (Å²) < 4.78 is 96.8. The molecule has 5 atom stereocenters. The van der Waals surface area contributed by atoms with Crippen molar-refractivity contribution in [1.29, 1.82) is 0 Å². The Bertz CT molecular complexity index is 2930. The van der Waals surface area contributed by atoms with E-state index in [-0.39, 0.29) is 60.7 Å². The van der Waals surface area contributed by atoms with Crippen molar-refractivity contribution in [3.8, 4) is 11.5 Å². The van der Waals surface area contributed by atoms with Crippen molar-refractivity contribution in [3.63, 3.8) is 0 Å². The van der Waals surface area contributed by atoms with E-state index in [0.717, 1.165) is 17.5 Å². The molecule has 4 aromatic rings. The summed E-state index contributed by atoms with van der Waals surface area (Å²) >= 11 is 0. The van der Waals surface area contributed by atoms with E-state index in [4.69, 9.17) is 33.2 Å². The van der Waals surface area contributed by atoms with Gasteiger partial charge in [0.05, 0.1) is 74.7 Å². The molecule has 0 radical (unpaired) electrons. The van der Waals surface area contributed by atoms with Gasteiger partial charge in [0.2, 0.25) is 20.0 Å². The highest BCUT2D eigenvalue weighted by atomic mass is 32.2. The van der Waals surface area contributed by atoms with E-state index < -0.39 is 78.7 Å². The quantitative estimate of drug-likeness (QED) is 0.0366. The van der Waals surface area contributed by atoms with Crippen LogP contribution in [0.3, 0.4) is 0 Å². The maximum Gasteiger partial charge on any atom is 0.407 e. The first-order valence-corrected chi connectivity index (χ1v) is 32.3. The number of sulfonamides is 2. The van der Waals surface area contributed by atoms with E-state index in [1.54, 1.807) is 45.0 Å². The maximum atomic E-state index is 14.1. The van der Waals surface area contributed by atoms with Crippen molar-refractivity contribution in [2.45, 2.75) is 172 Å². The first-order chi connectivity index (χ1) is 40.4. The van der Waals surface area contributed by atoms with Crippen LogP contribution in [0.2, 0.25) is 0 Å². The third-order valence-corrected chi connectivity index (χ3v) is 18.5. The van der Waals surface area contributed by atoms with Crippen LogP contribution in [0.25, 0.3) is 0 Å². The number of carbonyl (C=O) groups excluding carboxylic acids is 3. The van der Waals surface area contributed by atoms with Crippen LogP contribution in [0.1, 0.15) is 118 Å². The summed E-state index contributed by atoms with van der Waals surface area (Å²) in [6.07, 6.45) is 0.649. The summed E-state index contributed by atoms with van der Waals surface area (Å²) in [5, 5.41) is 28.7. The van der Waals surface area contributed by atoms with Crippen LogP contribution >= 0.6 is 0 Å². The van der Waals surface area contributed by atoms with Crippen molar-refractivity contribution in [1.82, 2.24) is 19.2 Å². The van der Waals surface area contributed by atoms with Gasteiger partial charge in [-0.1, -0.05) is 88.4 Å². The summed E-state index contributed by atoms with van der Waals surface area (Å²) in [5.74, 6) is 0.502. The average molecular weight is 1240 g/mol. The highest BCUT2D eigenvalue weighted by molar-refractivity contribution is 7.89. The smallest absolute Gasteiger partial charge is 0.407 e. The molecule has 22 heteroatoms. The number of carbonyl (C=O) groups is 3. The number of methoxy groups -OCH3 is 2. The Labute approximate surface area is 510 Å². The molecular formula is C64H94N4O16S2. The average Bonchev–Trinajstić information content (AvgIpc) is 1.63. The molecule has 86 heavy (non-hydrogen) atoms. The summed E-state index contributed by atoms with van der Waals surface area (Å²) in [6.45, 7) is 18.3. The fraction of sp³-hybridized carbons (Fsp3) is 0.578. The van der Waals surface area contributed by atoms with Gasteiger partial charge in [0.1, 0.15) is 29.0 Å². The van der Waals surface area contributed by atoms with Gasteiger partial charge in [-0.2, -0.15) is 8.61 Å². The predicted molar refractivity (Wildman–Crippen MR) is 328 cm³/mol. The van der Waals surface area contributed by atoms with Gasteiger partial charge in [0.15, 0.2) is 5.79 Å². The molecule has 2 saturated heterocycles. The number of aliphatic hydroxyl groups is 2. The van der Waals surface area contributed by atoms with Crippen molar-refractivity contribution < 1.29 is 74.6 Å². The molecule has 2 fully saturated rings. The number of nitrogens with one attached hydrogen (secondary N) is 2. The topological polar surface area (TPSA) is 255 Å². The number of rotatable bonds is 31. The Hall–Kier alpha value is -5.69. The van der Waals surface area contributed by atoms with Gasteiger partial charge < -0.3 is 58.8 Å². The normalized spacial score (nSPS) is 16.9. The molecule has 2 heterocycles. The Kier molecular flexibility index (Phi) is 26.9. The summed E-state index contributed by atoms with van der Waals surface area (Å²) in [6, 6.07) is 29.4. The molecule has 2 aliphatic heterocycles. The highest BCUT2D eigenvalue weighted by Crippen LogP contribution is 2.34. The largest absolute Gasteiger partial charge is 0.497 e. The molecular weight excluding hydrogens is 1140 g/mol. The lowest BCUT2D eigenvalue weighted by atomic mass is 9.86. The number of alkyl carbamates (subject to hydrolysis) is 2. The molecule has 6 rings (SSSR count). The molecule has 20 nitrogen and oxygen atoms in total. The van der Waals surface area contributed by atoms with Gasteiger partial charge in [-0.3, -0.25) is 0 Å². The number of hydrogen-bond acceptors (Lipinski definition) is 16. The minimum absolute atomic E-state index is 0.0586. The molecule has 0 aromatic heterocycles. The van der Waals surface area contributed by atoms with Crippen LogP contribution < -0.4 is 20.1 Å². The van der Waals surface area contributed by atoms with Gasteiger partial charge in [0, 0.05) is 45.4 Å². The lowest BCUT2D eigenvalue weighted by molar-refractivity contribution is -0.148. The van der Waals surface area contributed by atoms with Crippen molar-refractivity contribution in [2.24, 2.45) is 10.8 Å². The number of ketones is 1. The van der Waals surface area contributed by atoms with E-state index in [2.05, 4.69) is 10.6 Å². The van der Waals surface area contributed by atoms with E-state index in [9.17, 15) is 41.4 Å². The van der Waals surface area contributed by atoms with Gasteiger partial charge in [0.25, 0.3) is 0 Å². The second kappa shape index (κ2) is 32.5. The molecule has 4 N–H and O–H groups in total. The Morgan fingerprint density at radius 1 is 0.640 bits per heavy atom. The zero-order valence-electron chi connectivity index (χ0n) is 52.1. The van der Waals surface area contributed by atoms with Crippen LogP contribution in [0.4, 0.5) is 9.59 Å². The van der Waals surface area contributed by atoms with Crippen molar-refractivity contribution >= 4 is 38.0 Å². The number of benzene rings is 4. The predicted octanol–water partition coefficient (Wildman–Crippen LogP) is 9.10. The fourth-order valence-electron chi connectivity index (χ4n) is 10.2. The Balaban J connectivity index is 0.000000314. The molecule has 3 unspecified atom stereocenters. The summed E-state index contributed by atoms with van der Waals surface area (Å²) in [5.41, 5.74) is 0.0360. The fourth-order valence-corrected chi connectivity index (χ4v) is 13.5. The van der Waals surface area contributed by atoms with Gasteiger partial charge >= 0.3 is 12.2 Å². The molecule has 0 spiro atoms. The number of ether oxygens (including phenoxy) is 7. The number of hydrogen-bond donors (Lipinski definition) is 4. The van der Waals surface area contributed by atoms with Crippen LogP contribution in [-0.4, -0.2) is 162 Å². The van der Waals surface area contributed by atoms with Crippen molar-refractivity contribution in [3.05, 3.63) is 120 Å². The molecule has 4 aromatic carbocycles. The Morgan fingerprint density at radius 2 is 1.07 bits per heavy atom. The molecule has 0 saturated carbocycles. The standard InChI is InChI=1S/C33H50N2O8S.C31H44N2O8S/c1-31(2,3)43-30(37)34-28(22-25-12-9-8-10-13-25)29(36)23-35(44(38,39)27-16-14-26(40-7)15-17-27)24-32(4,5)18-11-19-33(6)41-20-21-42-33;1-23(34)9-8-17-31(2,3)22-33(42(37,38)27-14-12-25(39-4)13-15-27)20-29(35)28(19-24-10-6-5-7-11-24)32-30(36)41-26-16-18-40-21-26/h8-10,12-17,28-29,36H,11,18-24H2,1-7H3,(H,34,37);5-7,10-15,26,28-29,35H,8-9,16-22H2,1-4H3,(H,32,36)/t28-,29?;26?,28-,29?/m00/s1. The molecule has 2 aliphatic rings. The zero-order chi connectivity index (χ0) is 63.4. The minimum atomic E-state index is -4.06. The Morgan fingerprint density at radius 3 is 1.47 bits per heavy atom. The summed E-state index contributed by atoms with van der Waals surface area (Å²) in [4.78, 5) is 37.3. The van der Waals surface area contributed by atoms with Crippen LogP contribution in [0.15, 0.2) is 119 Å². The number of Topliss-reactive ketones (excluding diaryl/α,β-unsaturated/α-hetero) is 1. The number of aliphatic hydroxyl groups excluding tert-OH is 2. The number of nitrogens with zero attached hydrogens (tertiary/aromatic N) is 2. The van der Waals surface area contributed by atoms with Gasteiger partial charge in [-0.05, 0) is 144 Å². The monoisotopic (exact) mass is 1240 g/mol. The second-order valence-corrected chi connectivity index (χ2v) is 28.8. The number of amides is 2. The lowest BCUT2D eigenvalue weighted by Crippen LogP contribution is -2.52. The highest BCUT2D eigenvalue weighted by Gasteiger charge is 2.38. The molecule has 0 aliphatic carbocycles. The van der Waals surface area contributed by atoms with E-state index in [1.807, 2.05) is 95.3 Å². The zero-order valence-corrected chi connectivity index (χ0v) is 53.8. The van der Waals surface area contributed by atoms with Crippen LogP contribution in [0, 0.1) is 10.8 Å². The van der Waals surface area contributed by atoms with E-state index >= 15 is 0 Å². The third kappa shape index (κ3) is 23.8. The minimum Gasteiger partial charge on any atom is -0.497 e. The van der Waals surface area contributed by atoms with E-state index in [0.29, 0.717) is 76.5 Å². The van der Waals surface area contributed by atoms with Crippen LogP contribution in [-0.2, 0) is 61.4 Å². The third-order valence-electron chi connectivity index (χ3n) is 14.8. The maximum absolute atomic E-state index is 14.1. The second-order valence-electron chi connectivity index (χ2n) is 24.9. The van der Waals surface area contributed by atoms with Crippen LogP contribution in [0.5, 0.6) is 11.5 Å². The first kappa shape index (κ1) is 71.1. The molecule has 2 amide bonds. The van der Waals surface area contributed by atoms with E-state index in [1.165, 1.54) is 54.0 Å². The SMILES string of the molecule is COc1ccc(S(=O)(=O)N(CC(O)[C@H](Cc2ccccc2)NC(=O)OC(C)(C)C)CC(C)(C)CCCC2(C)OCCO2)cc1.COc1ccc(S(=O)(=O)N(CC(O)[C@H](Cc2ccccc2)NC(=O)OC2CCOC2)CC(C)(C)CCCC(C)=O)cc1. The summed E-state index contributed by atoms with van der Waals surface area (Å²) in [7, 11) is -5.09.